The van der Waals surface area contributed by atoms with Crippen molar-refractivity contribution in [2.45, 2.75) is 37.8 Å². The summed E-state index contributed by atoms with van der Waals surface area (Å²) in [6.07, 6.45) is 5.75. The first-order chi connectivity index (χ1) is 5.83. The zero-order valence-electron chi connectivity index (χ0n) is 8.21. The Morgan fingerprint density at radius 3 is 2.75 bits per heavy atom. The summed E-state index contributed by atoms with van der Waals surface area (Å²) in [6, 6.07) is 1.85. The van der Waals surface area contributed by atoms with E-state index in [4.69, 9.17) is 0 Å². The van der Waals surface area contributed by atoms with Gasteiger partial charge in [0, 0.05) is 12.1 Å². The van der Waals surface area contributed by atoms with Gasteiger partial charge < -0.3 is 10.2 Å². The lowest BCUT2D eigenvalue weighted by Gasteiger charge is -2.21. The van der Waals surface area contributed by atoms with Crippen LogP contribution in [-0.4, -0.2) is 37.6 Å². The highest BCUT2D eigenvalue weighted by molar-refractivity contribution is 4.98. The molecule has 70 valence electrons. The van der Waals surface area contributed by atoms with Crippen LogP contribution in [0.2, 0.25) is 0 Å². The van der Waals surface area contributed by atoms with Gasteiger partial charge >= 0.3 is 0 Å². The molecular weight excluding hydrogens is 148 g/mol. The summed E-state index contributed by atoms with van der Waals surface area (Å²) in [7, 11) is 4.36. The van der Waals surface area contributed by atoms with Crippen LogP contribution >= 0.6 is 0 Å². The molecule has 12 heavy (non-hydrogen) atoms. The second-order valence-corrected chi connectivity index (χ2v) is 4.35. The van der Waals surface area contributed by atoms with E-state index in [0.29, 0.717) is 0 Å². The molecule has 1 N–H and O–H groups in total. The molecule has 2 fully saturated rings. The van der Waals surface area contributed by atoms with Crippen molar-refractivity contribution in [2.24, 2.45) is 5.92 Å². The van der Waals surface area contributed by atoms with Crippen LogP contribution in [0.15, 0.2) is 0 Å². The Hall–Kier alpha value is -0.0800. The Balaban J connectivity index is 1.87. The number of nitrogens with zero attached hydrogens (tertiary/aromatic N) is 1. The summed E-state index contributed by atoms with van der Waals surface area (Å²) in [5.74, 6) is 0.987. The van der Waals surface area contributed by atoms with E-state index in [2.05, 4.69) is 24.3 Å². The second-order valence-electron chi connectivity index (χ2n) is 4.35. The maximum absolute atomic E-state index is 3.25. The van der Waals surface area contributed by atoms with Gasteiger partial charge in [-0.1, -0.05) is 0 Å². The van der Waals surface area contributed by atoms with Crippen molar-refractivity contribution in [1.29, 1.82) is 0 Å². The molecule has 0 radical (unpaired) electrons. The van der Waals surface area contributed by atoms with Crippen molar-refractivity contribution in [3.63, 3.8) is 0 Å². The summed E-state index contributed by atoms with van der Waals surface area (Å²) < 4.78 is 0. The molecule has 0 saturated carbocycles. The number of hydrogen-bond donors (Lipinski definition) is 1. The minimum atomic E-state index is 0.920. The molecule has 2 heteroatoms. The molecule has 2 nitrogen and oxygen atoms in total. The number of rotatable bonds is 3. The third kappa shape index (κ3) is 1.27. The van der Waals surface area contributed by atoms with Gasteiger partial charge in [-0.3, -0.25) is 0 Å². The van der Waals surface area contributed by atoms with Crippen LogP contribution in [0.3, 0.4) is 0 Å². The maximum atomic E-state index is 3.25. The number of fused-ring (bicyclic) bond motifs is 2. The van der Waals surface area contributed by atoms with Crippen LogP contribution < -0.4 is 5.32 Å². The zero-order valence-corrected chi connectivity index (χ0v) is 8.21. The van der Waals surface area contributed by atoms with Crippen molar-refractivity contribution in [1.82, 2.24) is 10.2 Å². The highest BCUT2D eigenvalue weighted by Crippen LogP contribution is 2.41. The molecule has 0 aliphatic carbocycles. The second kappa shape index (κ2) is 3.35. The molecule has 2 bridgehead atoms. The summed E-state index contributed by atoms with van der Waals surface area (Å²) in [5.41, 5.74) is 0. The van der Waals surface area contributed by atoms with Gasteiger partial charge in [0.05, 0.1) is 0 Å². The molecule has 2 saturated heterocycles. The Morgan fingerprint density at radius 2 is 2.25 bits per heavy atom. The van der Waals surface area contributed by atoms with Gasteiger partial charge in [0.1, 0.15) is 0 Å². The van der Waals surface area contributed by atoms with Gasteiger partial charge in [-0.25, -0.2) is 0 Å². The molecule has 0 aromatic heterocycles. The van der Waals surface area contributed by atoms with E-state index in [9.17, 15) is 0 Å². The molecular formula is C10H20N2. The van der Waals surface area contributed by atoms with Crippen molar-refractivity contribution < 1.29 is 0 Å². The fraction of sp³-hybridized carbons (Fsp3) is 1.00. The van der Waals surface area contributed by atoms with Crippen molar-refractivity contribution >= 4 is 0 Å². The highest BCUT2D eigenvalue weighted by Gasteiger charge is 2.43. The van der Waals surface area contributed by atoms with E-state index < -0.39 is 0 Å². The van der Waals surface area contributed by atoms with Gasteiger partial charge in [0.25, 0.3) is 0 Å². The summed E-state index contributed by atoms with van der Waals surface area (Å²) >= 11 is 0. The fourth-order valence-corrected chi connectivity index (χ4v) is 3.04. The fourth-order valence-electron chi connectivity index (χ4n) is 3.04. The van der Waals surface area contributed by atoms with E-state index >= 15 is 0 Å². The molecule has 0 aromatic rings. The van der Waals surface area contributed by atoms with Gasteiger partial charge in [-0.15, -0.1) is 0 Å². The van der Waals surface area contributed by atoms with Crippen LogP contribution in [-0.2, 0) is 0 Å². The van der Waals surface area contributed by atoms with E-state index in [1.54, 1.807) is 0 Å². The highest BCUT2D eigenvalue weighted by atomic mass is 15.2. The predicted octanol–water partition coefficient (Wildman–Crippen LogP) is 1.08. The zero-order chi connectivity index (χ0) is 8.55. The monoisotopic (exact) mass is 168 g/mol. The molecule has 3 unspecified atom stereocenters. The molecule has 0 aromatic carbocycles. The van der Waals surface area contributed by atoms with Crippen LogP contribution in [0, 0.1) is 5.92 Å². The quantitative estimate of drug-likeness (QED) is 0.678. The molecule has 2 heterocycles. The first-order valence-corrected chi connectivity index (χ1v) is 5.19. The third-order valence-electron chi connectivity index (χ3n) is 3.78. The number of hydrogen-bond acceptors (Lipinski definition) is 2. The Bertz CT molecular complexity index is 158. The first kappa shape index (κ1) is 8.52. The normalized spacial score (nSPS) is 41.0. The largest absolute Gasteiger partial charge is 0.320 e. The van der Waals surface area contributed by atoms with E-state index in [-0.39, 0.29) is 0 Å². The van der Waals surface area contributed by atoms with Crippen molar-refractivity contribution in [3.05, 3.63) is 0 Å². The third-order valence-corrected chi connectivity index (χ3v) is 3.78. The lowest BCUT2D eigenvalue weighted by atomic mass is 9.87. The van der Waals surface area contributed by atoms with Gasteiger partial charge in [-0.05, 0) is 52.2 Å². The van der Waals surface area contributed by atoms with E-state index in [0.717, 1.165) is 18.0 Å². The summed E-state index contributed by atoms with van der Waals surface area (Å²) in [6.45, 7) is 1.20. The standard InChI is InChI=1S/C10H20N2/c1-11-6-5-8-7-9-3-4-10(8)12(9)2/h8-11H,3-7H2,1-2H3. The van der Waals surface area contributed by atoms with E-state index in [1.165, 1.54) is 32.2 Å². The summed E-state index contributed by atoms with van der Waals surface area (Å²) in [4.78, 5) is 2.61. The van der Waals surface area contributed by atoms with Crippen LogP contribution in [0.5, 0.6) is 0 Å². The van der Waals surface area contributed by atoms with Gasteiger partial charge in [0.2, 0.25) is 0 Å². The summed E-state index contributed by atoms with van der Waals surface area (Å²) in [5, 5.41) is 3.25. The first-order valence-electron chi connectivity index (χ1n) is 5.19. The average molecular weight is 168 g/mol. The van der Waals surface area contributed by atoms with E-state index in [1.807, 2.05) is 0 Å². The Labute approximate surface area is 75.3 Å². The molecule has 0 spiro atoms. The van der Waals surface area contributed by atoms with Crippen molar-refractivity contribution in [2.75, 3.05) is 20.6 Å². The Morgan fingerprint density at radius 1 is 1.42 bits per heavy atom. The maximum Gasteiger partial charge on any atom is 0.0125 e. The molecule has 2 rings (SSSR count). The number of nitrogens with one attached hydrogen (secondary N) is 1. The molecule has 3 atom stereocenters. The van der Waals surface area contributed by atoms with Crippen LogP contribution in [0.1, 0.15) is 25.7 Å². The minimum Gasteiger partial charge on any atom is -0.320 e. The predicted molar refractivity (Wildman–Crippen MR) is 51.2 cm³/mol. The minimum absolute atomic E-state index is 0.920. The lowest BCUT2D eigenvalue weighted by molar-refractivity contribution is 0.283. The van der Waals surface area contributed by atoms with Crippen LogP contribution in [0.25, 0.3) is 0 Å². The molecule has 2 aliphatic rings. The van der Waals surface area contributed by atoms with Crippen molar-refractivity contribution in [3.8, 4) is 0 Å². The lowest BCUT2D eigenvalue weighted by Crippen LogP contribution is -2.27. The smallest absolute Gasteiger partial charge is 0.0125 e. The van der Waals surface area contributed by atoms with Gasteiger partial charge in [0.15, 0.2) is 0 Å². The topological polar surface area (TPSA) is 15.3 Å². The SMILES string of the molecule is CNCCC1CC2CCC1N2C. The van der Waals surface area contributed by atoms with Crippen LogP contribution in [0.4, 0.5) is 0 Å². The molecule has 2 aliphatic heterocycles. The molecule has 0 amide bonds. The average Bonchev–Trinajstić information content (AvgIpc) is 2.58. The Kier molecular flexibility index (Phi) is 2.37. The van der Waals surface area contributed by atoms with Gasteiger partial charge in [-0.2, -0.15) is 0 Å².